The largest absolute Gasteiger partial charge is 0.307 e. The highest BCUT2D eigenvalue weighted by Gasteiger charge is 2.18. The Hall–Kier alpha value is -3.02. The molecule has 132 valence electrons. The van der Waals surface area contributed by atoms with Crippen molar-refractivity contribution >= 4 is 28.8 Å². The Labute approximate surface area is 152 Å². The lowest BCUT2D eigenvalue weighted by Crippen LogP contribution is -2.19. The quantitative estimate of drug-likeness (QED) is 0.725. The SMILES string of the molecule is O=C(C=Cc1cnc2ccccc2n1)Nc1ccnn1C1CCCCC1. The average molecular weight is 347 g/mol. The molecule has 0 unspecified atom stereocenters. The van der Waals surface area contributed by atoms with Gasteiger partial charge in [-0.1, -0.05) is 31.4 Å². The van der Waals surface area contributed by atoms with Crippen molar-refractivity contribution in [2.75, 3.05) is 5.32 Å². The second-order valence-corrected chi connectivity index (χ2v) is 6.56. The Morgan fingerprint density at radius 3 is 2.77 bits per heavy atom. The molecule has 1 amide bonds. The van der Waals surface area contributed by atoms with Crippen molar-refractivity contribution in [3.63, 3.8) is 0 Å². The Bertz CT molecular complexity index is 940. The Morgan fingerprint density at radius 1 is 1.12 bits per heavy atom. The van der Waals surface area contributed by atoms with Crippen LogP contribution in [0, 0.1) is 0 Å². The van der Waals surface area contributed by atoms with Crippen LogP contribution in [0.25, 0.3) is 17.1 Å². The number of benzene rings is 1. The number of anilines is 1. The number of hydrogen-bond acceptors (Lipinski definition) is 4. The van der Waals surface area contributed by atoms with Crippen molar-refractivity contribution in [1.82, 2.24) is 19.7 Å². The van der Waals surface area contributed by atoms with E-state index in [1.807, 2.05) is 35.0 Å². The second kappa shape index (κ2) is 7.47. The van der Waals surface area contributed by atoms with Gasteiger partial charge in [0.25, 0.3) is 0 Å². The first-order valence-electron chi connectivity index (χ1n) is 9.04. The molecule has 4 rings (SSSR count). The smallest absolute Gasteiger partial charge is 0.249 e. The molecule has 1 aliphatic rings. The summed E-state index contributed by atoms with van der Waals surface area (Å²) < 4.78 is 1.95. The van der Waals surface area contributed by atoms with Gasteiger partial charge in [0.15, 0.2) is 0 Å². The third-order valence-electron chi connectivity index (χ3n) is 4.71. The highest BCUT2D eigenvalue weighted by molar-refractivity contribution is 6.01. The monoisotopic (exact) mass is 347 g/mol. The van der Waals surface area contributed by atoms with E-state index < -0.39 is 0 Å². The molecule has 0 spiro atoms. The minimum absolute atomic E-state index is 0.197. The molecule has 0 atom stereocenters. The summed E-state index contributed by atoms with van der Waals surface area (Å²) >= 11 is 0. The van der Waals surface area contributed by atoms with E-state index in [0.717, 1.165) is 29.7 Å². The van der Waals surface area contributed by atoms with Crippen molar-refractivity contribution in [1.29, 1.82) is 0 Å². The van der Waals surface area contributed by atoms with Crippen LogP contribution in [-0.2, 0) is 4.79 Å². The fourth-order valence-electron chi connectivity index (χ4n) is 3.41. The molecule has 6 nitrogen and oxygen atoms in total. The van der Waals surface area contributed by atoms with Crippen molar-refractivity contribution in [2.24, 2.45) is 0 Å². The summed E-state index contributed by atoms with van der Waals surface area (Å²) in [5, 5.41) is 7.32. The van der Waals surface area contributed by atoms with Crippen molar-refractivity contribution < 1.29 is 4.79 Å². The van der Waals surface area contributed by atoms with Crippen molar-refractivity contribution in [2.45, 2.75) is 38.1 Å². The van der Waals surface area contributed by atoms with Gasteiger partial charge >= 0.3 is 0 Å². The van der Waals surface area contributed by atoms with E-state index in [2.05, 4.69) is 20.4 Å². The first-order chi connectivity index (χ1) is 12.8. The van der Waals surface area contributed by atoms with Crippen LogP contribution in [-0.4, -0.2) is 25.7 Å². The molecule has 26 heavy (non-hydrogen) atoms. The third-order valence-corrected chi connectivity index (χ3v) is 4.71. The normalized spacial score (nSPS) is 15.5. The molecule has 1 N–H and O–H groups in total. The van der Waals surface area contributed by atoms with Crippen LogP contribution in [0.5, 0.6) is 0 Å². The maximum Gasteiger partial charge on any atom is 0.249 e. The molecule has 3 aromatic rings. The fraction of sp³-hybridized carbons (Fsp3) is 0.300. The summed E-state index contributed by atoms with van der Waals surface area (Å²) in [5.41, 5.74) is 2.30. The molecule has 1 aromatic carbocycles. The molecule has 2 heterocycles. The molecule has 2 aromatic heterocycles. The Morgan fingerprint density at radius 2 is 1.92 bits per heavy atom. The number of rotatable bonds is 4. The zero-order chi connectivity index (χ0) is 17.8. The van der Waals surface area contributed by atoms with E-state index in [9.17, 15) is 4.79 Å². The molecule has 1 fully saturated rings. The van der Waals surface area contributed by atoms with E-state index in [4.69, 9.17) is 0 Å². The van der Waals surface area contributed by atoms with Crippen molar-refractivity contribution in [3.8, 4) is 0 Å². The number of nitrogens with zero attached hydrogens (tertiary/aromatic N) is 4. The number of carbonyl (C=O) groups is 1. The van der Waals surface area contributed by atoms with Gasteiger partial charge in [0.1, 0.15) is 5.82 Å². The Kier molecular flexibility index (Phi) is 4.73. The zero-order valence-corrected chi connectivity index (χ0v) is 14.5. The first-order valence-corrected chi connectivity index (χ1v) is 9.04. The lowest BCUT2D eigenvalue weighted by molar-refractivity contribution is -0.111. The molecular weight excluding hydrogens is 326 g/mol. The number of amides is 1. The summed E-state index contributed by atoms with van der Waals surface area (Å²) in [6.45, 7) is 0. The maximum absolute atomic E-state index is 12.3. The molecule has 1 saturated carbocycles. The number of aromatic nitrogens is 4. The fourth-order valence-corrected chi connectivity index (χ4v) is 3.41. The minimum atomic E-state index is -0.197. The van der Waals surface area contributed by atoms with E-state index in [-0.39, 0.29) is 5.91 Å². The predicted octanol–water partition coefficient (Wildman–Crippen LogP) is 3.98. The summed E-state index contributed by atoms with van der Waals surface area (Å²) in [6, 6.07) is 9.89. The number of nitrogens with one attached hydrogen (secondary N) is 1. The van der Waals surface area contributed by atoms with Crippen LogP contribution < -0.4 is 5.32 Å². The average Bonchev–Trinajstić information content (AvgIpc) is 3.15. The second-order valence-electron chi connectivity index (χ2n) is 6.56. The van der Waals surface area contributed by atoms with Crippen LogP contribution in [0.2, 0.25) is 0 Å². The zero-order valence-electron chi connectivity index (χ0n) is 14.5. The number of hydrogen-bond donors (Lipinski definition) is 1. The van der Waals surface area contributed by atoms with Crippen molar-refractivity contribution in [3.05, 3.63) is 54.5 Å². The van der Waals surface area contributed by atoms with Crippen LogP contribution in [0.3, 0.4) is 0 Å². The van der Waals surface area contributed by atoms with Crippen LogP contribution in [0.15, 0.2) is 48.8 Å². The van der Waals surface area contributed by atoms with Crippen LogP contribution in [0.1, 0.15) is 43.8 Å². The van der Waals surface area contributed by atoms with Gasteiger partial charge in [0.05, 0.1) is 35.2 Å². The molecule has 0 saturated heterocycles. The first kappa shape index (κ1) is 16.4. The van der Waals surface area contributed by atoms with Gasteiger partial charge in [-0.05, 0) is 31.1 Å². The van der Waals surface area contributed by atoms with Crippen LogP contribution in [0.4, 0.5) is 5.82 Å². The van der Waals surface area contributed by atoms with E-state index in [1.165, 1.54) is 25.3 Å². The summed E-state index contributed by atoms with van der Waals surface area (Å²) in [5.74, 6) is 0.550. The maximum atomic E-state index is 12.3. The van der Waals surface area contributed by atoms with Gasteiger partial charge < -0.3 is 5.32 Å². The number of para-hydroxylation sites is 2. The minimum Gasteiger partial charge on any atom is -0.307 e. The molecule has 1 aliphatic carbocycles. The molecule has 0 radical (unpaired) electrons. The van der Waals surface area contributed by atoms with E-state index in [1.54, 1.807) is 18.5 Å². The summed E-state index contributed by atoms with van der Waals surface area (Å²) in [4.78, 5) is 21.1. The standard InChI is InChI=1S/C20H21N5O/c26-20(11-10-15-14-21-17-8-4-5-9-18(17)23-15)24-19-12-13-22-25(19)16-6-2-1-3-7-16/h4-5,8-14,16H,1-3,6-7H2,(H,24,26). The molecular formula is C20H21N5O. The van der Waals surface area contributed by atoms with Gasteiger partial charge in [-0.15, -0.1) is 0 Å². The van der Waals surface area contributed by atoms with Gasteiger partial charge in [-0.25, -0.2) is 9.67 Å². The van der Waals surface area contributed by atoms with Crippen LogP contribution >= 0.6 is 0 Å². The van der Waals surface area contributed by atoms with Gasteiger partial charge in [0, 0.05) is 12.1 Å². The van der Waals surface area contributed by atoms with Gasteiger partial charge in [-0.2, -0.15) is 5.10 Å². The van der Waals surface area contributed by atoms with Gasteiger partial charge in [-0.3, -0.25) is 9.78 Å². The summed E-state index contributed by atoms with van der Waals surface area (Å²) in [7, 11) is 0. The van der Waals surface area contributed by atoms with E-state index >= 15 is 0 Å². The predicted molar refractivity (Wildman–Crippen MR) is 102 cm³/mol. The lowest BCUT2D eigenvalue weighted by Gasteiger charge is -2.23. The third kappa shape index (κ3) is 3.64. The summed E-state index contributed by atoms with van der Waals surface area (Å²) in [6.07, 6.45) is 12.5. The molecule has 0 aliphatic heterocycles. The number of fused-ring (bicyclic) bond motifs is 1. The van der Waals surface area contributed by atoms with E-state index in [0.29, 0.717) is 11.7 Å². The number of carbonyl (C=O) groups excluding carboxylic acids is 1. The molecule has 6 heteroatoms. The Balaban J connectivity index is 1.45. The van der Waals surface area contributed by atoms with Gasteiger partial charge in [0.2, 0.25) is 5.91 Å². The topological polar surface area (TPSA) is 72.7 Å². The lowest BCUT2D eigenvalue weighted by atomic mass is 9.96. The highest BCUT2D eigenvalue weighted by atomic mass is 16.1. The molecule has 0 bridgehead atoms. The highest BCUT2D eigenvalue weighted by Crippen LogP contribution is 2.29.